The molecule has 0 radical (unpaired) electrons. The highest BCUT2D eigenvalue weighted by Crippen LogP contribution is 2.21. The predicted octanol–water partition coefficient (Wildman–Crippen LogP) is -0.0901. The number of amides is 1. The summed E-state index contributed by atoms with van der Waals surface area (Å²) in [6.07, 6.45) is 0. The number of likely N-dealkylation sites (N-methyl/N-ethyl adjacent to an activating group) is 1. The minimum absolute atomic E-state index is 0.101. The van der Waals surface area contributed by atoms with Gasteiger partial charge < -0.3 is 11.1 Å². The smallest absolute Gasteiger partial charge is 0.241 e. The van der Waals surface area contributed by atoms with E-state index >= 15 is 0 Å². The Labute approximate surface area is 107 Å². The summed E-state index contributed by atoms with van der Waals surface area (Å²) in [5.41, 5.74) is 7.42. The molecule has 4 N–H and O–H groups in total. The molecule has 0 fully saturated rings. The van der Waals surface area contributed by atoms with Crippen LogP contribution in [0.1, 0.15) is 11.1 Å². The van der Waals surface area contributed by atoms with Crippen molar-refractivity contribution in [3.63, 3.8) is 0 Å². The predicted molar refractivity (Wildman–Crippen MR) is 69.6 cm³/mol. The van der Waals surface area contributed by atoms with Crippen molar-refractivity contribution in [2.45, 2.75) is 18.7 Å². The topological polar surface area (TPSA) is 101 Å². The summed E-state index contributed by atoms with van der Waals surface area (Å²) >= 11 is 0. The molecule has 0 unspecified atom stereocenters. The number of carbonyl (C=O) groups excluding carboxylic acids is 1. The van der Waals surface area contributed by atoms with Gasteiger partial charge in [0.15, 0.2) is 0 Å². The molecule has 1 amide bonds. The molecular weight excluding hydrogens is 254 g/mol. The first-order valence-corrected chi connectivity index (χ1v) is 6.83. The van der Waals surface area contributed by atoms with Crippen LogP contribution in [0.15, 0.2) is 17.0 Å². The van der Waals surface area contributed by atoms with Crippen molar-refractivity contribution in [1.29, 1.82) is 0 Å². The average molecular weight is 271 g/mol. The highest BCUT2D eigenvalue weighted by Gasteiger charge is 2.19. The lowest BCUT2D eigenvalue weighted by Crippen LogP contribution is -2.35. The molecule has 18 heavy (non-hydrogen) atoms. The number of benzene rings is 1. The quantitative estimate of drug-likeness (QED) is 0.666. The average Bonchev–Trinajstić information content (AvgIpc) is 2.30. The second-order valence-electron chi connectivity index (χ2n) is 3.96. The van der Waals surface area contributed by atoms with Gasteiger partial charge in [-0.2, -0.15) is 0 Å². The molecule has 0 aromatic heterocycles. The monoisotopic (exact) mass is 271 g/mol. The van der Waals surface area contributed by atoms with Crippen molar-refractivity contribution < 1.29 is 13.2 Å². The molecule has 0 saturated carbocycles. The Morgan fingerprint density at radius 1 is 1.33 bits per heavy atom. The van der Waals surface area contributed by atoms with Crippen LogP contribution in [0.25, 0.3) is 0 Å². The van der Waals surface area contributed by atoms with Crippen molar-refractivity contribution in [2.75, 3.05) is 19.3 Å². The van der Waals surface area contributed by atoms with Gasteiger partial charge in [0.1, 0.15) is 0 Å². The largest absolute Gasteiger partial charge is 0.399 e. The maximum atomic E-state index is 12.0. The van der Waals surface area contributed by atoms with Gasteiger partial charge in [-0.25, -0.2) is 13.1 Å². The summed E-state index contributed by atoms with van der Waals surface area (Å²) in [5, 5.41) is 2.34. The van der Waals surface area contributed by atoms with Crippen LogP contribution in [0, 0.1) is 13.8 Å². The highest BCUT2D eigenvalue weighted by molar-refractivity contribution is 7.89. The summed E-state index contributed by atoms with van der Waals surface area (Å²) in [6.45, 7) is 3.18. The lowest BCUT2D eigenvalue weighted by molar-refractivity contribution is -0.119. The van der Waals surface area contributed by atoms with Crippen LogP contribution in [0.3, 0.4) is 0 Å². The standard InChI is InChI=1S/C11H17N3O3S/c1-7-4-9(12)5-10(8(7)2)18(16,17)14-6-11(15)13-3/h4-5,14H,6,12H2,1-3H3,(H,13,15). The molecular formula is C11H17N3O3S. The first kappa shape index (κ1) is 14.5. The Morgan fingerprint density at radius 3 is 2.50 bits per heavy atom. The number of nitrogens with two attached hydrogens (primary N) is 1. The maximum absolute atomic E-state index is 12.0. The van der Waals surface area contributed by atoms with Gasteiger partial charge in [0.25, 0.3) is 0 Å². The molecule has 0 spiro atoms. The number of anilines is 1. The van der Waals surface area contributed by atoms with E-state index in [1.54, 1.807) is 19.9 Å². The molecule has 100 valence electrons. The zero-order valence-corrected chi connectivity index (χ0v) is 11.4. The fourth-order valence-corrected chi connectivity index (χ4v) is 2.79. The number of rotatable bonds is 4. The summed E-state index contributed by atoms with van der Waals surface area (Å²) in [4.78, 5) is 11.1. The van der Waals surface area contributed by atoms with Crippen molar-refractivity contribution >= 4 is 21.6 Å². The van der Waals surface area contributed by atoms with Crippen LogP contribution in [0.5, 0.6) is 0 Å². The van der Waals surface area contributed by atoms with Crippen molar-refractivity contribution in [3.8, 4) is 0 Å². The van der Waals surface area contributed by atoms with Crippen LogP contribution in [0.4, 0.5) is 5.69 Å². The molecule has 0 atom stereocenters. The Morgan fingerprint density at radius 2 is 1.94 bits per heavy atom. The number of aryl methyl sites for hydroxylation is 1. The third-order valence-electron chi connectivity index (χ3n) is 2.63. The van der Waals surface area contributed by atoms with Crippen molar-refractivity contribution in [3.05, 3.63) is 23.3 Å². The van der Waals surface area contributed by atoms with Gasteiger partial charge in [0.2, 0.25) is 15.9 Å². The van der Waals surface area contributed by atoms with Gasteiger partial charge >= 0.3 is 0 Å². The van der Waals surface area contributed by atoms with Crippen LogP contribution < -0.4 is 15.8 Å². The van der Waals surface area contributed by atoms with Gasteiger partial charge in [0.05, 0.1) is 11.4 Å². The number of hydrogen-bond acceptors (Lipinski definition) is 4. The van der Waals surface area contributed by atoms with Crippen LogP contribution in [0.2, 0.25) is 0 Å². The molecule has 1 rings (SSSR count). The third kappa shape index (κ3) is 3.21. The Balaban J connectivity index is 3.09. The number of sulfonamides is 1. The minimum Gasteiger partial charge on any atom is -0.399 e. The first-order chi connectivity index (χ1) is 8.27. The summed E-state index contributed by atoms with van der Waals surface area (Å²) < 4.78 is 26.3. The lowest BCUT2D eigenvalue weighted by atomic mass is 10.1. The van der Waals surface area contributed by atoms with E-state index in [-0.39, 0.29) is 11.4 Å². The van der Waals surface area contributed by atoms with Crippen molar-refractivity contribution in [2.24, 2.45) is 0 Å². The van der Waals surface area contributed by atoms with E-state index in [9.17, 15) is 13.2 Å². The van der Waals surface area contributed by atoms with E-state index in [4.69, 9.17) is 5.73 Å². The summed E-state index contributed by atoms with van der Waals surface area (Å²) in [6, 6.07) is 3.08. The summed E-state index contributed by atoms with van der Waals surface area (Å²) in [5.74, 6) is -0.406. The molecule has 0 heterocycles. The zero-order chi connectivity index (χ0) is 13.9. The minimum atomic E-state index is -3.73. The number of carbonyl (C=O) groups is 1. The van der Waals surface area contributed by atoms with Crippen LogP contribution in [-0.2, 0) is 14.8 Å². The maximum Gasteiger partial charge on any atom is 0.241 e. The summed E-state index contributed by atoms with van der Waals surface area (Å²) in [7, 11) is -2.29. The Kier molecular flexibility index (Phi) is 4.31. The van der Waals surface area contributed by atoms with E-state index in [0.29, 0.717) is 11.3 Å². The van der Waals surface area contributed by atoms with E-state index in [0.717, 1.165) is 5.56 Å². The lowest BCUT2D eigenvalue weighted by Gasteiger charge is -2.11. The van der Waals surface area contributed by atoms with E-state index in [1.807, 2.05) is 0 Å². The normalized spacial score (nSPS) is 11.3. The highest BCUT2D eigenvalue weighted by atomic mass is 32.2. The second-order valence-corrected chi connectivity index (χ2v) is 5.69. The van der Waals surface area contributed by atoms with E-state index in [1.165, 1.54) is 13.1 Å². The van der Waals surface area contributed by atoms with Gasteiger partial charge in [-0.05, 0) is 37.1 Å². The second kappa shape index (κ2) is 5.36. The fourth-order valence-electron chi connectivity index (χ4n) is 1.46. The molecule has 0 saturated heterocycles. The molecule has 0 aliphatic rings. The van der Waals surface area contributed by atoms with Gasteiger partial charge in [-0.1, -0.05) is 0 Å². The molecule has 1 aromatic rings. The molecule has 6 nitrogen and oxygen atoms in total. The number of nitrogen functional groups attached to an aromatic ring is 1. The first-order valence-electron chi connectivity index (χ1n) is 5.35. The van der Waals surface area contributed by atoms with Gasteiger partial charge in [-0.3, -0.25) is 4.79 Å². The van der Waals surface area contributed by atoms with Crippen LogP contribution in [-0.4, -0.2) is 27.9 Å². The van der Waals surface area contributed by atoms with E-state index < -0.39 is 15.9 Å². The SMILES string of the molecule is CNC(=O)CNS(=O)(=O)c1cc(N)cc(C)c1C. The third-order valence-corrected chi connectivity index (χ3v) is 4.16. The molecule has 0 aliphatic carbocycles. The number of nitrogens with one attached hydrogen (secondary N) is 2. The van der Waals surface area contributed by atoms with Gasteiger partial charge in [0, 0.05) is 12.7 Å². The Hall–Kier alpha value is -1.60. The molecule has 1 aromatic carbocycles. The van der Waals surface area contributed by atoms with Crippen LogP contribution >= 0.6 is 0 Å². The molecule has 0 bridgehead atoms. The fraction of sp³-hybridized carbons (Fsp3) is 0.364. The van der Waals surface area contributed by atoms with Gasteiger partial charge in [-0.15, -0.1) is 0 Å². The zero-order valence-electron chi connectivity index (χ0n) is 10.6. The number of hydrogen-bond donors (Lipinski definition) is 3. The van der Waals surface area contributed by atoms with E-state index in [2.05, 4.69) is 10.0 Å². The van der Waals surface area contributed by atoms with Crippen molar-refractivity contribution in [1.82, 2.24) is 10.0 Å². The molecule has 7 heteroatoms. The molecule has 0 aliphatic heterocycles. The Bertz CT molecular complexity index is 567.